The van der Waals surface area contributed by atoms with Crippen molar-refractivity contribution in [2.24, 2.45) is 23.5 Å². The van der Waals surface area contributed by atoms with Gasteiger partial charge in [0.2, 0.25) is 5.91 Å². The molecule has 3 rings (SSSR count). The molecule has 1 heterocycles. The van der Waals surface area contributed by atoms with Crippen LogP contribution in [0.15, 0.2) is 16.8 Å². The molecule has 4 atom stereocenters. The maximum absolute atomic E-state index is 12.1. The van der Waals surface area contributed by atoms with Gasteiger partial charge in [0.1, 0.15) is 0 Å². The van der Waals surface area contributed by atoms with Gasteiger partial charge in [-0.2, -0.15) is 11.3 Å². The van der Waals surface area contributed by atoms with Crippen LogP contribution >= 0.6 is 23.7 Å². The van der Waals surface area contributed by atoms with Crippen molar-refractivity contribution in [3.8, 4) is 0 Å². The predicted octanol–water partition coefficient (Wildman–Crippen LogP) is 2.48. The van der Waals surface area contributed by atoms with Gasteiger partial charge in [-0.1, -0.05) is 0 Å². The normalized spacial score (nSPS) is 34.4. The average molecular weight is 273 g/mol. The maximum Gasteiger partial charge on any atom is 0.229 e. The largest absolute Gasteiger partial charge is 0.327 e. The van der Waals surface area contributed by atoms with E-state index in [1.54, 1.807) is 11.3 Å². The van der Waals surface area contributed by atoms with Crippen LogP contribution in [-0.2, 0) is 4.79 Å². The molecule has 17 heavy (non-hydrogen) atoms. The number of anilines is 1. The van der Waals surface area contributed by atoms with E-state index in [-0.39, 0.29) is 30.3 Å². The molecule has 0 aliphatic heterocycles. The van der Waals surface area contributed by atoms with Crippen molar-refractivity contribution in [1.82, 2.24) is 0 Å². The first kappa shape index (κ1) is 12.9. The van der Waals surface area contributed by atoms with Gasteiger partial charge in [0.05, 0.1) is 11.6 Å². The minimum absolute atomic E-state index is 0. The summed E-state index contributed by atoms with van der Waals surface area (Å²) in [6.45, 7) is 0. The van der Waals surface area contributed by atoms with Crippen LogP contribution in [-0.4, -0.2) is 11.9 Å². The van der Waals surface area contributed by atoms with Crippen LogP contribution < -0.4 is 11.1 Å². The Morgan fingerprint density at radius 1 is 1.41 bits per heavy atom. The third-order valence-corrected chi connectivity index (χ3v) is 4.76. The number of amides is 1. The van der Waals surface area contributed by atoms with Gasteiger partial charge in [-0.25, -0.2) is 0 Å². The molecule has 1 amide bonds. The first-order valence-corrected chi connectivity index (χ1v) is 6.78. The third-order valence-electron chi connectivity index (χ3n) is 4.07. The number of hydrogen-bond acceptors (Lipinski definition) is 3. The number of thiophene rings is 1. The van der Waals surface area contributed by atoms with Crippen LogP contribution in [0.4, 0.5) is 5.69 Å². The fraction of sp³-hybridized carbons (Fsp3) is 0.583. The Labute approximate surface area is 111 Å². The molecule has 2 saturated carbocycles. The Bertz CT molecular complexity index is 393. The van der Waals surface area contributed by atoms with Gasteiger partial charge in [0.15, 0.2) is 0 Å². The summed E-state index contributed by atoms with van der Waals surface area (Å²) >= 11 is 1.59. The molecule has 2 aliphatic rings. The van der Waals surface area contributed by atoms with Crippen LogP contribution in [0.3, 0.4) is 0 Å². The Kier molecular flexibility index (Phi) is 3.76. The summed E-state index contributed by atoms with van der Waals surface area (Å²) in [5.74, 6) is 1.28. The monoisotopic (exact) mass is 272 g/mol. The van der Waals surface area contributed by atoms with Gasteiger partial charge in [0.25, 0.3) is 0 Å². The molecule has 2 aliphatic carbocycles. The number of carbonyl (C=O) groups is 1. The van der Waals surface area contributed by atoms with Crippen molar-refractivity contribution in [1.29, 1.82) is 0 Å². The number of nitrogens with two attached hydrogens (primary N) is 1. The van der Waals surface area contributed by atoms with Crippen LogP contribution in [0.2, 0.25) is 0 Å². The summed E-state index contributed by atoms with van der Waals surface area (Å²) in [5.41, 5.74) is 7.04. The molecule has 2 fully saturated rings. The van der Waals surface area contributed by atoms with Crippen LogP contribution in [0.5, 0.6) is 0 Å². The van der Waals surface area contributed by atoms with Crippen molar-refractivity contribution in [3.63, 3.8) is 0 Å². The first-order chi connectivity index (χ1) is 7.75. The van der Waals surface area contributed by atoms with E-state index in [0.29, 0.717) is 11.8 Å². The quantitative estimate of drug-likeness (QED) is 0.869. The maximum atomic E-state index is 12.1. The highest BCUT2D eigenvalue weighted by molar-refractivity contribution is 7.08. The summed E-state index contributed by atoms with van der Waals surface area (Å²) in [4.78, 5) is 12.1. The molecule has 0 spiro atoms. The lowest BCUT2D eigenvalue weighted by Crippen LogP contribution is -2.42. The fourth-order valence-corrected chi connectivity index (χ4v) is 3.87. The van der Waals surface area contributed by atoms with Crippen molar-refractivity contribution in [2.45, 2.75) is 25.3 Å². The van der Waals surface area contributed by atoms with Crippen LogP contribution in [0.25, 0.3) is 0 Å². The van der Waals surface area contributed by atoms with E-state index >= 15 is 0 Å². The molecule has 4 unspecified atom stereocenters. The predicted molar refractivity (Wildman–Crippen MR) is 72.5 cm³/mol. The Morgan fingerprint density at radius 3 is 2.76 bits per heavy atom. The number of rotatable bonds is 2. The molecule has 0 aromatic carbocycles. The summed E-state index contributed by atoms with van der Waals surface area (Å²) in [5, 5.41) is 6.89. The minimum atomic E-state index is 0. The lowest BCUT2D eigenvalue weighted by molar-refractivity contribution is -0.121. The summed E-state index contributed by atoms with van der Waals surface area (Å²) in [6, 6.07) is 2.01. The van der Waals surface area contributed by atoms with E-state index in [9.17, 15) is 4.79 Å². The van der Waals surface area contributed by atoms with Gasteiger partial charge in [-0.05, 0) is 42.5 Å². The highest BCUT2D eigenvalue weighted by Gasteiger charge is 2.49. The second kappa shape index (κ2) is 4.96. The van der Waals surface area contributed by atoms with Crippen molar-refractivity contribution in [2.75, 3.05) is 5.32 Å². The molecular weight excluding hydrogens is 256 g/mol. The number of halogens is 1. The number of fused-ring (bicyclic) bond motifs is 2. The van der Waals surface area contributed by atoms with E-state index < -0.39 is 0 Å². The number of hydrogen-bond donors (Lipinski definition) is 2. The van der Waals surface area contributed by atoms with Crippen LogP contribution in [0, 0.1) is 17.8 Å². The molecule has 0 saturated heterocycles. The Balaban J connectivity index is 0.00000108. The Hall–Kier alpha value is -0.580. The summed E-state index contributed by atoms with van der Waals surface area (Å²) < 4.78 is 0. The SMILES string of the molecule is Cl.NC1C2CCC(C2)C1C(=O)Nc1ccsc1. The van der Waals surface area contributed by atoms with E-state index in [1.807, 2.05) is 16.8 Å². The molecule has 94 valence electrons. The van der Waals surface area contributed by atoms with Gasteiger partial charge in [0, 0.05) is 11.4 Å². The fourth-order valence-electron chi connectivity index (χ4n) is 3.29. The molecule has 1 aromatic heterocycles. The highest BCUT2D eigenvalue weighted by atomic mass is 35.5. The zero-order valence-electron chi connectivity index (χ0n) is 9.46. The van der Waals surface area contributed by atoms with Gasteiger partial charge < -0.3 is 11.1 Å². The van der Waals surface area contributed by atoms with Crippen molar-refractivity contribution < 1.29 is 4.79 Å². The molecule has 3 N–H and O–H groups in total. The number of carbonyl (C=O) groups excluding carboxylic acids is 1. The van der Waals surface area contributed by atoms with E-state index in [0.717, 1.165) is 12.1 Å². The molecule has 5 heteroatoms. The molecular formula is C12H17ClN2OS. The van der Waals surface area contributed by atoms with Gasteiger partial charge in [-0.15, -0.1) is 12.4 Å². The van der Waals surface area contributed by atoms with Crippen molar-refractivity contribution >= 4 is 35.3 Å². The standard InChI is InChI=1S/C12H16N2OS.ClH/c13-11-8-2-1-7(5-8)10(11)12(15)14-9-3-4-16-6-9;/h3-4,6-8,10-11H,1-2,5,13H2,(H,14,15);1H. The Morgan fingerprint density at radius 2 is 2.18 bits per heavy atom. The minimum Gasteiger partial charge on any atom is -0.327 e. The average Bonchev–Trinajstić information content (AvgIpc) is 2.92. The first-order valence-electron chi connectivity index (χ1n) is 5.84. The molecule has 0 radical (unpaired) electrons. The zero-order valence-corrected chi connectivity index (χ0v) is 11.1. The second-order valence-electron chi connectivity index (χ2n) is 4.94. The number of nitrogens with one attached hydrogen (secondary N) is 1. The molecule has 2 bridgehead atoms. The molecule has 1 aromatic rings. The van der Waals surface area contributed by atoms with E-state index in [4.69, 9.17) is 5.73 Å². The van der Waals surface area contributed by atoms with E-state index in [1.165, 1.54) is 12.8 Å². The van der Waals surface area contributed by atoms with Gasteiger partial charge in [-0.3, -0.25) is 4.79 Å². The lowest BCUT2D eigenvalue weighted by atomic mass is 9.84. The van der Waals surface area contributed by atoms with E-state index in [2.05, 4.69) is 5.32 Å². The smallest absolute Gasteiger partial charge is 0.229 e. The topological polar surface area (TPSA) is 55.1 Å². The van der Waals surface area contributed by atoms with Crippen LogP contribution in [0.1, 0.15) is 19.3 Å². The van der Waals surface area contributed by atoms with Crippen molar-refractivity contribution in [3.05, 3.63) is 16.8 Å². The zero-order chi connectivity index (χ0) is 11.1. The highest BCUT2D eigenvalue weighted by Crippen LogP contribution is 2.47. The summed E-state index contributed by atoms with van der Waals surface area (Å²) in [7, 11) is 0. The molecule has 3 nitrogen and oxygen atoms in total. The van der Waals surface area contributed by atoms with Gasteiger partial charge >= 0.3 is 0 Å². The second-order valence-corrected chi connectivity index (χ2v) is 5.72. The lowest BCUT2D eigenvalue weighted by Gasteiger charge is -2.26. The third kappa shape index (κ3) is 2.21. The summed E-state index contributed by atoms with van der Waals surface area (Å²) in [6.07, 6.45) is 3.55.